The van der Waals surface area contributed by atoms with Crippen LogP contribution in [0.15, 0.2) is 42.2 Å². The number of aromatic nitrogens is 1. The minimum atomic E-state index is -0.513. The molecule has 0 aromatic carbocycles. The van der Waals surface area contributed by atoms with E-state index in [1.807, 2.05) is 35.2 Å². The summed E-state index contributed by atoms with van der Waals surface area (Å²) in [4.78, 5) is 40.7. The Labute approximate surface area is 264 Å². The molecule has 6 heteroatoms. The third-order valence-corrected chi connectivity index (χ3v) is 14.6. The highest BCUT2D eigenvalue weighted by molar-refractivity contribution is 5.95. The summed E-state index contributed by atoms with van der Waals surface area (Å²) in [7, 11) is 1.50. The molecule has 4 saturated carbocycles. The Balaban J connectivity index is 1.31. The maximum atomic E-state index is 14.6. The smallest absolute Gasteiger partial charge is 0.372 e. The van der Waals surface area contributed by atoms with Gasteiger partial charge in [-0.3, -0.25) is 9.59 Å². The van der Waals surface area contributed by atoms with Crippen molar-refractivity contribution in [2.45, 2.75) is 119 Å². The number of nitrogens with zero attached hydrogens (tertiary/aromatic N) is 1. The van der Waals surface area contributed by atoms with Crippen molar-refractivity contribution in [2.24, 2.45) is 50.2 Å². The summed E-state index contributed by atoms with van der Waals surface area (Å²) >= 11 is 0. The number of allylic oxidation sites excluding steroid dienone is 2. The highest BCUT2D eigenvalue weighted by Gasteiger charge is 2.70. The van der Waals surface area contributed by atoms with Crippen molar-refractivity contribution in [3.05, 3.63) is 42.2 Å². The van der Waals surface area contributed by atoms with Crippen molar-refractivity contribution < 1.29 is 28.4 Å². The molecule has 1 aromatic rings. The van der Waals surface area contributed by atoms with E-state index in [0.29, 0.717) is 0 Å². The normalized spacial score (nSPS) is 44.2. The van der Waals surface area contributed by atoms with Gasteiger partial charge in [-0.15, -0.1) is 0 Å². The lowest BCUT2D eigenvalue weighted by molar-refractivity contribution is -0.686. The molecule has 6 nitrogen and oxygen atoms in total. The summed E-state index contributed by atoms with van der Waals surface area (Å²) in [6, 6.07) is 5.78. The van der Waals surface area contributed by atoms with Crippen LogP contribution in [0.3, 0.4) is 0 Å². The molecular weight excluding hydrogens is 550 g/mol. The second-order valence-corrected chi connectivity index (χ2v) is 17.1. The number of hydrogen-bond donors (Lipinski definition) is 0. The summed E-state index contributed by atoms with van der Waals surface area (Å²) in [5, 5.41) is 0. The number of pyridine rings is 1. The molecule has 44 heavy (non-hydrogen) atoms. The molecule has 0 bridgehead atoms. The minimum Gasteiger partial charge on any atom is -0.469 e. The largest absolute Gasteiger partial charge is 0.469 e. The van der Waals surface area contributed by atoms with Crippen molar-refractivity contribution >= 4 is 17.7 Å². The predicted octanol–water partition coefficient (Wildman–Crippen LogP) is 7.04. The molecule has 1 heterocycles. The number of methoxy groups -OCH3 is 1. The van der Waals surface area contributed by atoms with Crippen LogP contribution in [0.2, 0.25) is 0 Å². The highest BCUT2D eigenvalue weighted by Crippen LogP contribution is 2.75. The maximum Gasteiger partial charge on any atom is 0.372 e. The van der Waals surface area contributed by atoms with Gasteiger partial charge in [0, 0.05) is 23.5 Å². The Morgan fingerprint density at radius 2 is 1.57 bits per heavy atom. The molecule has 0 N–H and O–H groups in total. The van der Waals surface area contributed by atoms with Crippen LogP contribution in [0.25, 0.3) is 0 Å². The molecule has 9 atom stereocenters. The molecule has 5 aliphatic carbocycles. The van der Waals surface area contributed by atoms with E-state index in [0.717, 1.165) is 57.8 Å². The van der Waals surface area contributed by atoms with Crippen LogP contribution in [0.5, 0.6) is 0 Å². The zero-order chi connectivity index (χ0) is 31.9. The van der Waals surface area contributed by atoms with E-state index >= 15 is 0 Å². The van der Waals surface area contributed by atoms with Gasteiger partial charge in [-0.2, -0.15) is 4.57 Å². The molecule has 0 amide bonds. The van der Waals surface area contributed by atoms with Crippen LogP contribution < -0.4 is 4.57 Å². The molecule has 240 valence electrons. The van der Waals surface area contributed by atoms with E-state index in [-0.39, 0.29) is 75.2 Å². The fourth-order valence-electron chi connectivity index (χ4n) is 11.7. The molecule has 4 fully saturated rings. The summed E-state index contributed by atoms with van der Waals surface area (Å²) in [5.74, 6) is 0.382. The van der Waals surface area contributed by atoms with E-state index in [1.54, 1.807) is 0 Å². The molecule has 1 aromatic heterocycles. The zero-order valence-electron chi connectivity index (χ0n) is 28.3. The standard InChI is InChI=1S/C38H54NO5/c1-33(2)28-12-15-38(7)31(36(28,5)14-13-29(33)44-30(41)24-39-20-10-9-11-21-39)27(40)22-25-26-23-35(4,32(42)43-8)17-16-34(26,3)18-19-37(25,38)6/h9-11,20-22,26,28-29,31H,12-19,23-24H2,1-8H3/q+1/t26-,28-,29-,31+,34+,35-,36-,37+,38+/m0/s1. The molecule has 0 aliphatic heterocycles. The first kappa shape index (κ1) is 31.5. The average Bonchev–Trinajstić information content (AvgIpc) is 2.96. The summed E-state index contributed by atoms with van der Waals surface area (Å²) in [5.41, 5.74) is 0.220. The average molecular weight is 605 g/mol. The first-order valence-electron chi connectivity index (χ1n) is 17.0. The number of hydrogen-bond acceptors (Lipinski definition) is 5. The van der Waals surface area contributed by atoms with E-state index in [4.69, 9.17) is 9.47 Å². The second kappa shape index (κ2) is 10.3. The Morgan fingerprint density at radius 1 is 0.886 bits per heavy atom. The number of ketones is 1. The first-order chi connectivity index (χ1) is 20.5. The van der Waals surface area contributed by atoms with Crippen LogP contribution in [-0.2, 0) is 30.4 Å². The van der Waals surface area contributed by atoms with Gasteiger partial charge < -0.3 is 9.47 Å². The number of ether oxygens (including phenoxy) is 2. The van der Waals surface area contributed by atoms with E-state index < -0.39 is 5.41 Å². The van der Waals surface area contributed by atoms with Gasteiger partial charge in [-0.05, 0) is 104 Å². The first-order valence-corrected chi connectivity index (χ1v) is 17.0. The topological polar surface area (TPSA) is 73.6 Å². The van der Waals surface area contributed by atoms with Crippen LogP contribution in [0.1, 0.15) is 106 Å². The highest BCUT2D eigenvalue weighted by atomic mass is 16.5. The number of esters is 2. The maximum absolute atomic E-state index is 14.6. The van der Waals surface area contributed by atoms with Gasteiger partial charge >= 0.3 is 11.9 Å². The fraction of sp³-hybridized carbons (Fsp3) is 0.737. The van der Waals surface area contributed by atoms with E-state index in [1.165, 1.54) is 12.7 Å². The third kappa shape index (κ3) is 4.39. The lowest BCUT2D eigenvalue weighted by atomic mass is 9.33. The van der Waals surface area contributed by atoms with Crippen LogP contribution >= 0.6 is 0 Å². The Bertz CT molecular complexity index is 1380. The lowest BCUT2D eigenvalue weighted by Gasteiger charge is -2.70. The van der Waals surface area contributed by atoms with Gasteiger partial charge in [0.2, 0.25) is 6.54 Å². The van der Waals surface area contributed by atoms with Crippen molar-refractivity contribution in [3.8, 4) is 0 Å². The lowest BCUT2D eigenvalue weighted by Crippen LogP contribution is -2.66. The summed E-state index contributed by atoms with van der Waals surface area (Å²) in [6.45, 7) is 16.5. The Hall–Kier alpha value is -2.50. The minimum absolute atomic E-state index is 0.0711. The number of carbonyl (C=O) groups excluding carboxylic acids is 3. The van der Waals surface area contributed by atoms with Gasteiger partial charge in [-0.1, -0.05) is 53.2 Å². The molecule has 0 saturated heterocycles. The van der Waals surface area contributed by atoms with Gasteiger partial charge in [-0.25, -0.2) is 4.79 Å². The van der Waals surface area contributed by atoms with Crippen LogP contribution in [0.4, 0.5) is 0 Å². The molecule has 0 spiro atoms. The quantitative estimate of drug-likeness (QED) is 0.272. The molecule has 0 unspecified atom stereocenters. The molecule has 6 rings (SSSR count). The summed E-state index contributed by atoms with van der Waals surface area (Å²) < 4.78 is 13.4. The molecule has 5 aliphatic rings. The Kier molecular flexibility index (Phi) is 7.34. The van der Waals surface area contributed by atoms with Gasteiger partial charge in [0.05, 0.1) is 12.5 Å². The Morgan fingerprint density at radius 3 is 2.25 bits per heavy atom. The second-order valence-electron chi connectivity index (χ2n) is 17.1. The molecule has 0 radical (unpaired) electrons. The number of carbonyl (C=O) groups is 3. The monoisotopic (exact) mass is 604 g/mol. The van der Waals surface area contributed by atoms with Crippen molar-refractivity contribution in [1.29, 1.82) is 0 Å². The number of rotatable bonds is 4. The van der Waals surface area contributed by atoms with Gasteiger partial charge in [0.1, 0.15) is 6.10 Å². The van der Waals surface area contributed by atoms with Crippen molar-refractivity contribution in [3.63, 3.8) is 0 Å². The van der Waals surface area contributed by atoms with E-state index in [2.05, 4.69) is 54.5 Å². The van der Waals surface area contributed by atoms with Crippen LogP contribution in [-0.4, -0.2) is 30.9 Å². The van der Waals surface area contributed by atoms with Gasteiger partial charge in [0.15, 0.2) is 18.2 Å². The zero-order valence-corrected chi connectivity index (χ0v) is 28.3. The SMILES string of the molecule is COC(=O)[C@@]1(C)CC[C@]2(C)CC[C@]3(C)C(=CC(=O)[C@@H]4[C@@]5(C)CC[C@H](OC(=O)C[n+]6ccccc6)C(C)(C)[C@@H]5CC[C@]43C)[C@@H]2C1. The molecular formula is C38H54NO5+. The number of fused-ring (bicyclic) bond motifs is 7. The predicted molar refractivity (Wildman–Crippen MR) is 168 cm³/mol. The van der Waals surface area contributed by atoms with E-state index in [9.17, 15) is 14.4 Å². The fourth-order valence-corrected chi connectivity index (χ4v) is 11.7. The van der Waals surface area contributed by atoms with Crippen molar-refractivity contribution in [2.75, 3.05) is 7.11 Å². The third-order valence-electron chi connectivity index (χ3n) is 14.6. The van der Waals surface area contributed by atoms with Crippen LogP contribution in [0, 0.1) is 50.2 Å². The van der Waals surface area contributed by atoms with Gasteiger partial charge in [0.25, 0.3) is 0 Å². The van der Waals surface area contributed by atoms with Crippen molar-refractivity contribution in [1.82, 2.24) is 0 Å². The summed E-state index contributed by atoms with van der Waals surface area (Å²) in [6.07, 6.45) is 14.1.